The Morgan fingerprint density at radius 3 is 2.78 bits per heavy atom. The fourth-order valence-corrected chi connectivity index (χ4v) is 2.75. The summed E-state index contributed by atoms with van der Waals surface area (Å²) in [5.74, 6) is -0.881. The minimum atomic E-state index is -0.881. The number of carboxylic acids is 1. The molecule has 0 saturated heterocycles. The molecule has 92 valence electrons. The monoisotopic (exact) mass is 241 g/mol. The average Bonchev–Trinajstić information content (AvgIpc) is 2.87. The van der Waals surface area contributed by atoms with Crippen molar-refractivity contribution in [2.75, 3.05) is 0 Å². The number of nitrogens with zero attached hydrogens (tertiary/aromatic N) is 1. The quantitative estimate of drug-likeness (QED) is 0.878. The van der Waals surface area contributed by atoms with Crippen LogP contribution in [0, 0.1) is 0 Å². The van der Waals surface area contributed by atoms with E-state index in [1.165, 1.54) is 24.0 Å². The van der Waals surface area contributed by atoms with E-state index in [1.54, 1.807) is 16.7 Å². The van der Waals surface area contributed by atoms with Gasteiger partial charge >= 0.3 is 5.97 Å². The number of carboxylic acid groups (broad SMARTS) is 1. The number of rotatable bonds is 2. The molecule has 0 amide bonds. The Hall–Kier alpha value is -2.03. The van der Waals surface area contributed by atoms with E-state index in [4.69, 9.17) is 0 Å². The molecular weight excluding hydrogens is 226 g/mol. The van der Waals surface area contributed by atoms with Crippen LogP contribution in [-0.2, 0) is 12.8 Å². The van der Waals surface area contributed by atoms with Gasteiger partial charge in [0.2, 0.25) is 0 Å². The van der Waals surface area contributed by atoms with E-state index >= 15 is 0 Å². The number of fused-ring (bicyclic) bond motifs is 1. The summed E-state index contributed by atoms with van der Waals surface area (Å²) in [6.45, 7) is 0. The molecule has 0 atom stereocenters. The second-order valence-corrected chi connectivity index (χ2v) is 4.69. The lowest BCUT2D eigenvalue weighted by Crippen LogP contribution is -2.11. The normalized spacial score (nSPS) is 14.2. The van der Waals surface area contributed by atoms with Gasteiger partial charge < -0.3 is 9.67 Å². The Labute approximate surface area is 106 Å². The second-order valence-electron chi connectivity index (χ2n) is 4.69. The van der Waals surface area contributed by atoms with E-state index in [0.29, 0.717) is 5.69 Å². The van der Waals surface area contributed by atoms with Crippen LogP contribution in [-0.4, -0.2) is 15.6 Å². The first-order valence-electron chi connectivity index (χ1n) is 6.29. The number of benzene rings is 1. The molecular formula is C15H15NO2. The lowest BCUT2D eigenvalue weighted by Gasteiger charge is -2.20. The predicted molar refractivity (Wildman–Crippen MR) is 69.4 cm³/mol. The molecule has 0 fully saturated rings. The zero-order chi connectivity index (χ0) is 12.5. The van der Waals surface area contributed by atoms with Crippen LogP contribution in [0.25, 0.3) is 5.69 Å². The Morgan fingerprint density at radius 1 is 1.11 bits per heavy atom. The molecule has 0 saturated carbocycles. The van der Waals surface area contributed by atoms with Crippen LogP contribution >= 0.6 is 0 Å². The standard InChI is InChI=1S/C15H15NO2/c17-15(18)14-9-4-10-16(14)13-8-3-6-11-5-1-2-7-12(11)13/h3-4,6,8-10H,1-2,5,7H2,(H,17,18). The maximum atomic E-state index is 11.2. The molecule has 0 aliphatic heterocycles. The van der Waals surface area contributed by atoms with Gasteiger partial charge in [-0.15, -0.1) is 0 Å². The highest BCUT2D eigenvalue weighted by Crippen LogP contribution is 2.27. The number of hydrogen-bond donors (Lipinski definition) is 1. The van der Waals surface area contributed by atoms with Crippen LogP contribution in [0.3, 0.4) is 0 Å². The van der Waals surface area contributed by atoms with Gasteiger partial charge in [0.05, 0.1) is 0 Å². The molecule has 1 heterocycles. The molecule has 2 aromatic rings. The van der Waals surface area contributed by atoms with Gasteiger partial charge in [-0.25, -0.2) is 4.79 Å². The van der Waals surface area contributed by atoms with Gasteiger partial charge in [0.1, 0.15) is 5.69 Å². The van der Waals surface area contributed by atoms with Gasteiger partial charge in [0.25, 0.3) is 0 Å². The SMILES string of the molecule is O=C(O)c1cccn1-c1cccc2c1CCCC2. The van der Waals surface area contributed by atoms with Crippen molar-refractivity contribution in [3.63, 3.8) is 0 Å². The van der Waals surface area contributed by atoms with Crippen molar-refractivity contribution in [1.82, 2.24) is 4.57 Å². The van der Waals surface area contributed by atoms with E-state index in [1.807, 2.05) is 18.3 Å². The van der Waals surface area contributed by atoms with Gasteiger partial charge in [-0.05, 0) is 55.0 Å². The highest BCUT2D eigenvalue weighted by atomic mass is 16.4. The summed E-state index contributed by atoms with van der Waals surface area (Å²) in [6.07, 6.45) is 6.39. The Kier molecular flexibility index (Phi) is 2.67. The summed E-state index contributed by atoms with van der Waals surface area (Å²) < 4.78 is 1.78. The third-order valence-electron chi connectivity index (χ3n) is 3.60. The molecule has 1 aliphatic carbocycles. The maximum Gasteiger partial charge on any atom is 0.352 e. The van der Waals surface area contributed by atoms with Crippen molar-refractivity contribution in [3.8, 4) is 5.69 Å². The maximum absolute atomic E-state index is 11.2. The topological polar surface area (TPSA) is 42.2 Å². The summed E-state index contributed by atoms with van der Waals surface area (Å²) in [6, 6.07) is 9.61. The molecule has 1 aliphatic rings. The molecule has 1 aromatic carbocycles. The first-order valence-corrected chi connectivity index (χ1v) is 6.29. The molecule has 0 radical (unpaired) electrons. The zero-order valence-electron chi connectivity index (χ0n) is 10.1. The molecule has 3 rings (SSSR count). The number of carbonyl (C=O) groups is 1. The Balaban J connectivity index is 2.17. The van der Waals surface area contributed by atoms with Crippen LogP contribution in [0.1, 0.15) is 34.5 Å². The van der Waals surface area contributed by atoms with Crippen molar-refractivity contribution < 1.29 is 9.90 Å². The van der Waals surface area contributed by atoms with Crippen molar-refractivity contribution in [3.05, 3.63) is 53.3 Å². The highest BCUT2D eigenvalue weighted by Gasteiger charge is 2.17. The zero-order valence-corrected chi connectivity index (χ0v) is 10.1. The fourth-order valence-electron chi connectivity index (χ4n) is 2.75. The molecule has 0 bridgehead atoms. The van der Waals surface area contributed by atoms with Crippen molar-refractivity contribution >= 4 is 5.97 Å². The molecule has 0 unspecified atom stereocenters. The highest BCUT2D eigenvalue weighted by molar-refractivity contribution is 5.86. The van der Waals surface area contributed by atoms with Gasteiger partial charge in [-0.1, -0.05) is 12.1 Å². The summed E-state index contributed by atoms with van der Waals surface area (Å²) in [5, 5.41) is 9.20. The Bertz CT molecular complexity index is 598. The van der Waals surface area contributed by atoms with Crippen molar-refractivity contribution in [2.45, 2.75) is 25.7 Å². The second kappa shape index (κ2) is 4.33. The van der Waals surface area contributed by atoms with Crippen LogP contribution in [0.5, 0.6) is 0 Å². The lowest BCUT2D eigenvalue weighted by atomic mass is 9.90. The van der Waals surface area contributed by atoms with Crippen LogP contribution in [0.2, 0.25) is 0 Å². The van der Waals surface area contributed by atoms with Gasteiger partial charge in [0, 0.05) is 11.9 Å². The number of hydrogen-bond acceptors (Lipinski definition) is 1. The van der Waals surface area contributed by atoms with E-state index in [-0.39, 0.29) is 0 Å². The van der Waals surface area contributed by atoms with Gasteiger partial charge in [-0.2, -0.15) is 0 Å². The van der Waals surface area contributed by atoms with Crippen molar-refractivity contribution in [1.29, 1.82) is 0 Å². The molecule has 18 heavy (non-hydrogen) atoms. The van der Waals surface area contributed by atoms with E-state index < -0.39 is 5.97 Å². The van der Waals surface area contributed by atoms with Crippen LogP contribution < -0.4 is 0 Å². The van der Waals surface area contributed by atoms with Crippen LogP contribution in [0.4, 0.5) is 0 Å². The first-order chi connectivity index (χ1) is 8.77. The lowest BCUT2D eigenvalue weighted by molar-refractivity contribution is 0.0688. The summed E-state index contributed by atoms with van der Waals surface area (Å²) in [4.78, 5) is 11.2. The van der Waals surface area contributed by atoms with E-state index in [2.05, 4.69) is 6.07 Å². The third-order valence-corrected chi connectivity index (χ3v) is 3.60. The summed E-state index contributed by atoms with van der Waals surface area (Å²) in [7, 11) is 0. The van der Waals surface area contributed by atoms with Gasteiger partial charge in [0.15, 0.2) is 0 Å². The van der Waals surface area contributed by atoms with E-state index in [0.717, 1.165) is 18.5 Å². The average molecular weight is 241 g/mol. The largest absolute Gasteiger partial charge is 0.477 e. The number of aryl methyl sites for hydroxylation is 1. The molecule has 3 nitrogen and oxygen atoms in total. The predicted octanol–water partition coefficient (Wildman–Crippen LogP) is 3.05. The summed E-state index contributed by atoms with van der Waals surface area (Å²) >= 11 is 0. The molecule has 1 aromatic heterocycles. The van der Waals surface area contributed by atoms with E-state index in [9.17, 15) is 9.90 Å². The van der Waals surface area contributed by atoms with Gasteiger partial charge in [-0.3, -0.25) is 0 Å². The number of aromatic nitrogens is 1. The first kappa shape index (κ1) is 11.1. The number of aromatic carboxylic acids is 1. The van der Waals surface area contributed by atoms with Crippen LogP contribution in [0.15, 0.2) is 36.5 Å². The molecule has 3 heteroatoms. The molecule has 0 spiro atoms. The third kappa shape index (κ3) is 1.72. The fraction of sp³-hybridized carbons (Fsp3) is 0.267. The summed E-state index contributed by atoms with van der Waals surface area (Å²) in [5.41, 5.74) is 4.02. The molecule has 1 N–H and O–H groups in total. The smallest absolute Gasteiger partial charge is 0.352 e. The Morgan fingerprint density at radius 2 is 1.94 bits per heavy atom. The minimum absolute atomic E-state index is 0.328. The van der Waals surface area contributed by atoms with Crippen molar-refractivity contribution in [2.24, 2.45) is 0 Å². The minimum Gasteiger partial charge on any atom is -0.477 e.